The zero-order valence-corrected chi connectivity index (χ0v) is 12.9. The molecule has 1 aliphatic heterocycles. The van der Waals surface area contributed by atoms with E-state index in [4.69, 9.17) is 0 Å². The lowest BCUT2D eigenvalue weighted by molar-refractivity contribution is -0.124. The fraction of sp³-hybridized carbons (Fsp3) is 0.533. The molecule has 1 amide bonds. The van der Waals surface area contributed by atoms with E-state index >= 15 is 0 Å². The first-order valence-electron chi connectivity index (χ1n) is 7.14. The van der Waals surface area contributed by atoms with Gasteiger partial charge in [-0.05, 0) is 25.0 Å². The van der Waals surface area contributed by atoms with Gasteiger partial charge in [0, 0.05) is 11.9 Å². The highest BCUT2D eigenvalue weighted by Gasteiger charge is 2.41. The normalized spacial score (nSPS) is 16.9. The van der Waals surface area contributed by atoms with Gasteiger partial charge in [0.05, 0.1) is 5.69 Å². The van der Waals surface area contributed by atoms with Crippen LogP contribution < -0.4 is 5.32 Å². The fourth-order valence-corrected chi connectivity index (χ4v) is 3.33. The van der Waals surface area contributed by atoms with E-state index in [0.29, 0.717) is 0 Å². The highest BCUT2D eigenvalue weighted by Crippen LogP contribution is 2.30. The zero-order chi connectivity index (χ0) is 14.4. The molecule has 1 aromatic heterocycles. The minimum Gasteiger partial charge on any atom is -0.303 e. The number of nitrogens with zero attached hydrogens (tertiary/aromatic N) is 2. The van der Waals surface area contributed by atoms with E-state index in [0.717, 1.165) is 42.3 Å². The van der Waals surface area contributed by atoms with E-state index < -0.39 is 5.54 Å². The fourth-order valence-electron chi connectivity index (χ4n) is 2.47. The molecule has 2 heterocycles. The van der Waals surface area contributed by atoms with Crippen molar-refractivity contribution >= 4 is 22.8 Å². The lowest BCUT2D eigenvalue weighted by Gasteiger charge is -2.21. The third-order valence-electron chi connectivity index (χ3n) is 3.37. The van der Waals surface area contributed by atoms with E-state index in [1.807, 2.05) is 18.2 Å². The minimum absolute atomic E-state index is 0.0599. The Morgan fingerprint density at radius 1 is 1.25 bits per heavy atom. The van der Waals surface area contributed by atoms with Gasteiger partial charge >= 0.3 is 0 Å². The molecule has 0 saturated heterocycles. The summed E-state index contributed by atoms with van der Waals surface area (Å²) in [6, 6.07) is 5.85. The molecule has 0 atom stereocenters. The molecule has 0 saturated carbocycles. The molecule has 0 aromatic carbocycles. The van der Waals surface area contributed by atoms with Crippen molar-refractivity contribution in [1.82, 2.24) is 10.3 Å². The molecule has 0 spiro atoms. The molecular weight excluding hydrogens is 270 g/mol. The van der Waals surface area contributed by atoms with Crippen LogP contribution in [-0.2, 0) is 10.5 Å². The van der Waals surface area contributed by atoms with E-state index in [1.165, 1.54) is 0 Å². The van der Waals surface area contributed by atoms with Crippen molar-refractivity contribution < 1.29 is 4.79 Å². The molecule has 20 heavy (non-hydrogen) atoms. The average Bonchev–Trinajstić information content (AvgIpc) is 2.75. The highest BCUT2D eigenvalue weighted by molar-refractivity contribution is 8.13. The number of carbonyl (C=O) groups excluding carboxylic acids is 1. The van der Waals surface area contributed by atoms with E-state index in [-0.39, 0.29) is 5.91 Å². The monoisotopic (exact) mass is 291 g/mol. The Labute approximate surface area is 124 Å². The minimum atomic E-state index is -0.532. The number of hydrogen-bond acceptors (Lipinski definition) is 4. The molecule has 5 heteroatoms. The quantitative estimate of drug-likeness (QED) is 0.876. The maximum atomic E-state index is 12.2. The number of aliphatic imine (C=N–C) groups is 1. The predicted octanol–water partition coefficient (Wildman–Crippen LogP) is 3.14. The van der Waals surface area contributed by atoms with Crippen molar-refractivity contribution in [2.45, 2.75) is 50.8 Å². The Morgan fingerprint density at radius 2 is 2.00 bits per heavy atom. The van der Waals surface area contributed by atoms with Crippen LogP contribution in [0.15, 0.2) is 29.4 Å². The summed E-state index contributed by atoms with van der Waals surface area (Å²) >= 11 is 1.55. The van der Waals surface area contributed by atoms with Crippen molar-refractivity contribution in [2.24, 2.45) is 4.99 Å². The van der Waals surface area contributed by atoms with Gasteiger partial charge in [0.2, 0.25) is 0 Å². The molecule has 2 rings (SSSR count). The van der Waals surface area contributed by atoms with Crippen molar-refractivity contribution in [2.75, 3.05) is 0 Å². The van der Waals surface area contributed by atoms with Gasteiger partial charge in [-0.2, -0.15) is 0 Å². The Balaban J connectivity index is 2.03. The Kier molecular flexibility index (Phi) is 5.17. The first-order valence-corrected chi connectivity index (χ1v) is 8.13. The van der Waals surface area contributed by atoms with E-state index in [1.54, 1.807) is 18.0 Å². The summed E-state index contributed by atoms with van der Waals surface area (Å²) in [5.74, 6) is 0.790. The molecule has 1 N–H and O–H groups in total. The van der Waals surface area contributed by atoms with Crippen LogP contribution in [0.1, 0.15) is 45.2 Å². The second kappa shape index (κ2) is 6.88. The number of thioether (sulfide) groups is 1. The Morgan fingerprint density at radius 3 is 2.60 bits per heavy atom. The second-order valence-electron chi connectivity index (χ2n) is 5.01. The molecule has 0 aliphatic carbocycles. The zero-order valence-electron chi connectivity index (χ0n) is 12.1. The third-order valence-corrected chi connectivity index (χ3v) is 4.28. The number of aromatic nitrogens is 1. The van der Waals surface area contributed by atoms with E-state index in [2.05, 4.69) is 29.1 Å². The van der Waals surface area contributed by atoms with Crippen LogP contribution in [0.3, 0.4) is 0 Å². The van der Waals surface area contributed by atoms with Crippen molar-refractivity contribution in [1.29, 1.82) is 0 Å². The van der Waals surface area contributed by atoms with Crippen LogP contribution in [0.5, 0.6) is 0 Å². The average molecular weight is 291 g/mol. The van der Waals surface area contributed by atoms with Crippen molar-refractivity contribution in [3.63, 3.8) is 0 Å². The van der Waals surface area contributed by atoms with Gasteiger partial charge in [0.25, 0.3) is 5.91 Å². The SMILES string of the molecule is CCCC1(CCC)N=C(SCc2ccccn2)NC1=O. The van der Waals surface area contributed by atoms with Crippen LogP contribution >= 0.6 is 11.8 Å². The second-order valence-corrected chi connectivity index (χ2v) is 5.98. The summed E-state index contributed by atoms with van der Waals surface area (Å²) < 4.78 is 0. The summed E-state index contributed by atoms with van der Waals surface area (Å²) in [5, 5.41) is 3.67. The lowest BCUT2D eigenvalue weighted by atomic mass is 9.89. The van der Waals surface area contributed by atoms with E-state index in [9.17, 15) is 4.79 Å². The van der Waals surface area contributed by atoms with Gasteiger partial charge in [-0.1, -0.05) is 44.5 Å². The van der Waals surface area contributed by atoms with Crippen molar-refractivity contribution in [3.8, 4) is 0 Å². The standard InChI is InChI=1S/C15H21N3OS/c1-3-8-15(9-4-2)13(19)17-14(18-15)20-11-12-7-5-6-10-16-12/h5-7,10H,3-4,8-9,11H2,1-2H3,(H,17,18,19). The number of hydrogen-bond donors (Lipinski definition) is 1. The number of carbonyl (C=O) groups is 1. The molecule has 0 fully saturated rings. The van der Waals surface area contributed by atoms with Crippen molar-refractivity contribution in [3.05, 3.63) is 30.1 Å². The van der Waals surface area contributed by atoms with Gasteiger partial charge in [-0.15, -0.1) is 0 Å². The number of pyridine rings is 1. The molecule has 4 nitrogen and oxygen atoms in total. The molecule has 0 unspecified atom stereocenters. The van der Waals surface area contributed by atoms with Crippen LogP contribution in [0.2, 0.25) is 0 Å². The van der Waals surface area contributed by atoms with Gasteiger partial charge < -0.3 is 5.32 Å². The highest BCUT2D eigenvalue weighted by atomic mass is 32.2. The Bertz CT molecular complexity index is 481. The maximum Gasteiger partial charge on any atom is 0.253 e. The van der Waals surface area contributed by atoms with Gasteiger partial charge in [-0.3, -0.25) is 9.78 Å². The van der Waals surface area contributed by atoms with Gasteiger partial charge in [-0.25, -0.2) is 4.99 Å². The molecule has 108 valence electrons. The topological polar surface area (TPSA) is 54.4 Å². The molecular formula is C15H21N3OS. The summed E-state index contributed by atoms with van der Waals surface area (Å²) in [4.78, 5) is 21.2. The number of amides is 1. The first kappa shape index (κ1) is 15.0. The Hall–Kier alpha value is -1.36. The smallest absolute Gasteiger partial charge is 0.253 e. The first-order chi connectivity index (χ1) is 9.70. The maximum absolute atomic E-state index is 12.2. The number of nitrogens with one attached hydrogen (secondary N) is 1. The molecule has 1 aliphatic rings. The summed E-state index contributed by atoms with van der Waals surface area (Å²) in [5.41, 5.74) is 0.466. The molecule has 1 aromatic rings. The van der Waals surface area contributed by atoms with Crippen LogP contribution in [0, 0.1) is 0 Å². The largest absolute Gasteiger partial charge is 0.303 e. The van der Waals surface area contributed by atoms with Crippen LogP contribution in [0.4, 0.5) is 0 Å². The van der Waals surface area contributed by atoms with Crippen LogP contribution in [0.25, 0.3) is 0 Å². The lowest BCUT2D eigenvalue weighted by Crippen LogP contribution is -2.39. The number of rotatable bonds is 6. The molecule has 0 radical (unpaired) electrons. The van der Waals surface area contributed by atoms with Gasteiger partial charge in [0.1, 0.15) is 5.54 Å². The summed E-state index contributed by atoms with van der Waals surface area (Å²) in [6.45, 7) is 4.19. The third kappa shape index (κ3) is 3.39. The summed E-state index contributed by atoms with van der Waals surface area (Å²) in [6.07, 6.45) is 5.36. The predicted molar refractivity (Wildman–Crippen MR) is 83.7 cm³/mol. The number of amidine groups is 1. The summed E-state index contributed by atoms with van der Waals surface area (Å²) in [7, 11) is 0. The van der Waals surface area contributed by atoms with Gasteiger partial charge in [0.15, 0.2) is 5.17 Å². The van der Waals surface area contributed by atoms with Crippen LogP contribution in [-0.4, -0.2) is 21.6 Å². The molecule has 0 bridgehead atoms.